The van der Waals surface area contributed by atoms with Gasteiger partial charge in [0.15, 0.2) is 0 Å². The summed E-state index contributed by atoms with van der Waals surface area (Å²) in [4.78, 5) is 12.3. The van der Waals surface area contributed by atoms with Gasteiger partial charge in [0, 0.05) is 5.41 Å². The molecule has 0 saturated heterocycles. The summed E-state index contributed by atoms with van der Waals surface area (Å²) in [5.74, 6) is 1.56. The molecule has 1 N–H and O–H groups in total. The van der Waals surface area contributed by atoms with E-state index in [1.54, 1.807) is 11.8 Å². The standard InChI is InChI=1S/C22H36O5S2/c1-20-8-5-9-21(2,19(23)24)16(20)7-11-22-10-6-14(12-17(20)22)15(13-28-3)18(22)27-29(4,25)26/h14-18H,5-13H2,1-4H3,(H,23,24)/t14-,15-,16-,17-,18-,20+,21+,22-/m0/s1. The number of hydrogen-bond acceptors (Lipinski definition) is 5. The van der Waals surface area contributed by atoms with Crippen LogP contribution in [-0.4, -0.2) is 43.9 Å². The van der Waals surface area contributed by atoms with Crippen molar-refractivity contribution in [3.63, 3.8) is 0 Å². The van der Waals surface area contributed by atoms with Gasteiger partial charge in [-0.3, -0.25) is 8.98 Å². The third-order valence-electron chi connectivity index (χ3n) is 9.57. The van der Waals surface area contributed by atoms with Crippen LogP contribution in [0.1, 0.15) is 65.2 Å². The van der Waals surface area contributed by atoms with E-state index in [0.717, 1.165) is 57.1 Å². The molecular formula is C22H36O5S2. The molecule has 5 saturated carbocycles. The second kappa shape index (κ2) is 7.13. The van der Waals surface area contributed by atoms with Crippen LogP contribution in [0.2, 0.25) is 0 Å². The number of hydrogen-bond donors (Lipinski definition) is 1. The highest BCUT2D eigenvalue weighted by molar-refractivity contribution is 7.98. The quantitative estimate of drug-likeness (QED) is 0.632. The van der Waals surface area contributed by atoms with Gasteiger partial charge < -0.3 is 5.11 Å². The lowest BCUT2D eigenvalue weighted by Gasteiger charge is -2.70. The first kappa shape index (κ1) is 21.9. The van der Waals surface area contributed by atoms with E-state index in [0.29, 0.717) is 11.8 Å². The van der Waals surface area contributed by atoms with Crippen LogP contribution in [0.4, 0.5) is 0 Å². The predicted molar refractivity (Wildman–Crippen MR) is 115 cm³/mol. The van der Waals surface area contributed by atoms with Crippen LogP contribution < -0.4 is 0 Å². The maximum Gasteiger partial charge on any atom is 0.309 e. The van der Waals surface area contributed by atoms with Gasteiger partial charge in [0.1, 0.15) is 0 Å². The summed E-state index contributed by atoms with van der Waals surface area (Å²) in [7, 11) is -3.54. The Bertz CT molecular complexity index is 782. The smallest absolute Gasteiger partial charge is 0.309 e. The molecule has 0 amide bonds. The average molecular weight is 445 g/mol. The summed E-state index contributed by atoms with van der Waals surface area (Å²) >= 11 is 1.79. The van der Waals surface area contributed by atoms with Crippen molar-refractivity contribution < 1.29 is 22.5 Å². The zero-order valence-electron chi connectivity index (χ0n) is 18.1. The average Bonchev–Trinajstić information content (AvgIpc) is 2.62. The first-order valence-electron chi connectivity index (χ1n) is 11.1. The van der Waals surface area contributed by atoms with E-state index < -0.39 is 21.5 Å². The number of aliphatic carboxylic acids is 1. The molecule has 1 spiro atoms. The predicted octanol–water partition coefficient (Wildman–Crippen LogP) is 4.42. The Labute approximate surface area is 179 Å². The van der Waals surface area contributed by atoms with Crippen LogP contribution in [-0.2, 0) is 19.1 Å². The molecule has 7 heteroatoms. The molecule has 0 aromatic heterocycles. The van der Waals surface area contributed by atoms with Crippen molar-refractivity contribution in [2.75, 3.05) is 18.3 Å². The minimum Gasteiger partial charge on any atom is -0.481 e. The van der Waals surface area contributed by atoms with E-state index >= 15 is 0 Å². The molecule has 29 heavy (non-hydrogen) atoms. The van der Waals surface area contributed by atoms with Gasteiger partial charge >= 0.3 is 5.97 Å². The summed E-state index contributed by atoms with van der Waals surface area (Å²) in [6.07, 6.45) is 10.8. The molecule has 166 valence electrons. The summed E-state index contributed by atoms with van der Waals surface area (Å²) in [6.45, 7) is 4.28. The maximum absolute atomic E-state index is 12.3. The molecule has 5 nitrogen and oxygen atoms in total. The first-order valence-corrected chi connectivity index (χ1v) is 14.3. The van der Waals surface area contributed by atoms with E-state index in [1.165, 1.54) is 6.26 Å². The molecule has 5 aliphatic carbocycles. The second-order valence-corrected chi connectivity index (χ2v) is 13.3. The van der Waals surface area contributed by atoms with Crippen LogP contribution in [0.25, 0.3) is 0 Å². The molecule has 8 atom stereocenters. The molecule has 5 fully saturated rings. The fraction of sp³-hybridized carbons (Fsp3) is 0.955. The van der Waals surface area contributed by atoms with Gasteiger partial charge in [-0.25, -0.2) is 0 Å². The number of carbonyl (C=O) groups is 1. The van der Waals surface area contributed by atoms with Crippen LogP contribution in [0.15, 0.2) is 0 Å². The zero-order chi connectivity index (χ0) is 21.2. The first-order chi connectivity index (χ1) is 13.5. The Morgan fingerprint density at radius 1 is 1.14 bits per heavy atom. The lowest BCUT2D eigenvalue weighted by molar-refractivity contribution is -0.234. The lowest BCUT2D eigenvalue weighted by atomic mass is 9.35. The van der Waals surface area contributed by atoms with Gasteiger partial charge in [-0.15, -0.1) is 0 Å². The zero-order valence-corrected chi connectivity index (χ0v) is 19.8. The molecule has 5 aliphatic rings. The number of fused-ring (bicyclic) bond motifs is 3. The highest BCUT2D eigenvalue weighted by atomic mass is 32.2. The molecule has 0 radical (unpaired) electrons. The van der Waals surface area contributed by atoms with Crippen molar-refractivity contribution in [3.05, 3.63) is 0 Å². The molecule has 0 unspecified atom stereocenters. The van der Waals surface area contributed by atoms with Gasteiger partial charge in [-0.2, -0.15) is 20.2 Å². The molecule has 0 aromatic carbocycles. The monoisotopic (exact) mass is 444 g/mol. The van der Waals surface area contributed by atoms with E-state index in [1.807, 2.05) is 6.92 Å². The van der Waals surface area contributed by atoms with Crippen LogP contribution >= 0.6 is 11.8 Å². The van der Waals surface area contributed by atoms with Crippen molar-refractivity contribution in [1.82, 2.24) is 0 Å². The van der Waals surface area contributed by atoms with Gasteiger partial charge in [0.2, 0.25) is 0 Å². The number of carboxylic acid groups (broad SMARTS) is 1. The molecule has 0 aromatic rings. The Balaban J connectivity index is 1.77. The SMILES string of the molecule is CSC[C@H]1[C@H]2CC[C@@]3(CC[C@H]4[C@@](C)(CCC[C@@]4(C)C(=O)O)[C@@H]3C2)[C@H]1OS(C)(=O)=O. The van der Waals surface area contributed by atoms with Crippen LogP contribution in [0.3, 0.4) is 0 Å². The normalized spacial score (nSPS) is 49.3. The third-order valence-corrected chi connectivity index (χ3v) is 10.8. The highest BCUT2D eigenvalue weighted by Gasteiger charge is 2.69. The third kappa shape index (κ3) is 3.20. The lowest BCUT2D eigenvalue weighted by Crippen LogP contribution is -2.67. The minimum absolute atomic E-state index is 0.0499. The summed E-state index contributed by atoms with van der Waals surface area (Å²) in [6, 6.07) is 0. The van der Waals surface area contributed by atoms with Gasteiger partial charge in [0.25, 0.3) is 10.1 Å². The van der Waals surface area contributed by atoms with E-state index in [9.17, 15) is 18.3 Å². The van der Waals surface area contributed by atoms with Gasteiger partial charge in [-0.1, -0.05) is 13.3 Å². The van der Waals surface area contributed by atoms with E-state index in [-0.39, 0.29) is 28.8 Å². The minimum atomic E-state index is -3.54. The van der Waals surface area contributed by atoms with Gasteiger partial charge in [-0.05, 0) is 93.0 Å². The van der Waals surface area contributed by atoms with Crippen molar-refractivity contribution in [1.29, 1.82) is 0 Å². The van der Waals surface area contributed by atoms with E-state index in [2.05, 4.69) is 13.2 Å². The Morgan fingerprint density at radius 3 is 2.45 bits per heavy atom. The second-order valence-electron chi connectivity index (χ2n) is 10.8. The fourth-order valence-electron chi connectivity index (χ4n) is 8.47. The Hall–Kier alpha value is -0.270. The number of rotatable bonds is 5. The Morgan fingerprint density at radius 2 is 1.83 bits per heavy atom. The fourth-order valence-corrected chi connectivity index (χ4v) is 10.0. The summed E-state index contributed by atoms with van der Waals surface area (Å²) in [5.41, 5.74) is -0.844. The molecule has 0 aliphatic heterocycles. The molecule has 2 bridgehead atoms. The van der Waals surface area contributed by atoms with Crippen LogP contribution in [0.5, 0.6) is 0 Å². The van der Waals surface area contributed by atoms with Crippen molar-refractivity contribution in [2.45, 2.75) is 71.3 Å². The van der Waals surface area contributed by atoms with Crippen molar-refractivity contribution in [3.8, 4) is 0 Å². The molecule has 0 heterocycles. The number of thioether (sulfide) groups is 1. The van der Waals surface area contributed by atoms with Crippen LogP contribution in [0, 0.1) is 39.9 Å². The summed E-state index contributed by atoms with van der Waals surface area (Å²) in [5, 5.41) is 10.1. The topological polar surface area (TPSA) is 80.7 Å². The van der Waals surface area contributed by atoms with Gasteiger partial charge in [0.05, 0.1) is 17.8 Å². The Kier molecular flexibility index (Phi) is 5.39. The molecule has 5 rings (SSSR count). The van der Waals surface area contributed by atoms with Crippen molar-refractivity contribution >= 4 is 27.8 Å². The largest absolute Gasteiger partial charge is 0.481 e. The number of carboxylic acids is 1. The highest BCUT2D eigenvalue weighted by Crippen LogP contribution is 2.72. The van der Waals surface area contributed by atoms with E-state index in [4.69, 9.17) is 4.18 Å². The molecular weight excluding hydrogens is 408 g/mol. The summed E-state index contributed by atoms with van der Waals surface area (Å²) < 4.78 is 30.4. The maximum atomic E-state index is 12.3. The van der Waals surface area contributed by atoms with Crippen molar-refractivity contribution in [2.24, 2.45) is 39.9 Å².